The van der Waals surface area contributed by atoms with E-state index in [0.717, 1.165) is 6.42 Å². The smallest absolute Gasteiger partial charge is 0.322 e. The summed E-state index contributed by atoms with van der Waals surface area (Å²) in [7, 11) is -3.52. The van der Waals surface area contributed by atoms with E-state index in [4.69, 9.17) is 5.11 Å². The average Bonchev–Trinajstić information content (AvgIpc) is 2.23. The first-order chi connectivity index (χ1) is 7.73. The Balaban J connectivity index is 4.70. The van der Waals surface area contributed by atoms with Crippen LogP contribution in [0.2, 0.25) is 0 Å². The van der Waals surface area contributed by atoms with Crippen molar-refractivity contribution in [2.75, 3.05) is 5.75 Å². The Labute approximate surface area is 104 Å². The molecule has 0 aliphatic carbocycles. The van der Waals surface area contributed by atoms with Crippen LogP contribution in [0.25, 0.3) is 0 Å². The van der Waals surface area contributed by atoms with E-state index in [0.29, 0.717) is 6.42 Å². The molecule has 0 saturated carbocycles. The average molecular weight is 265 g/mol. The molecule has 0 radical (unpaired) electrons. The van der Waals surface area contributed by atoms with Crippen LogP contribution in [0.5, 0.6) is 0 Å². The van der Waals surface area contributed by atoms with Gasteiger partial charge in [0, 0.05) is 0 Å². The van der Waals surface area contributed by atoms with Crippen molar-refractivity contribution < 1.29 is 18.3 Å². The summed E-state index contributed by atoms with van der Waals surface area (Å²) >= 11 is 0. The minimum atomic E-state index is -3.52. The van der Waals surface area contributed by atoms with Crippen molar-refractivity contribution in [2.45, 2.75) is 46.6 Å². The summed E-state index contributed by atoms with van der Waals surface area (Å²) < 4.78 is 25.8. The number of rotatable bonds is 8. The van der Waals surface area contributed by atoms with Gasteiger partial charge in [-0.3, -0.25) is 4.79 Å². The van der Waals surface area contributed by atoms with Gasteiger partial charge in [-0.25, -0.2) is 13.1 Å². The standard InChI is InChI=1S/C11H23NO4S/c1-5-8(3)7-17(15,16)12-10(11(13)14)9(4)6-2/h8-10,12H,5-7H2,1-4H3,(H,13,14)/t8?,9-,10-/m0/s1. The van der Waals surface area contributed by atoms with E-state index in [1.165, 1.54) is 0 Å². The Morgan fingerprint density at radius 2 is 1.76 bits per heavy atom. The molecule has 0 aromatic heterocycles. The van der Waals surface area contributed by atoms with Crippen molar-refractivity contribution in [3.05, 3.63) is 0 Å². The fraction of sp³-hybridized carbons (Fsp3) is 0.909. The second-order valence-electron chi connectivity index (χ2n) is 4.61. The molecule has 0 spiro atoms. The Hall–Kier alpha value is -0.620. The van der Waals surface area contributed by atoms with Crippen molar-refractivity contribution in [1.82, 2.24) is 4.72 Å². The van der Waals surface area contributed by atoms with E-state index in [1.54, 1.807) is 6.92 Å². The summed E-state index contributed by atoms with van der Waals surface area (Å²) in [4.78, 5) is 11.0. The molecule has 0 aliphatic rings. The summed E-state index contributed by atoms with van der Waals surface area (Å²) in [6.07, 6.45) is 1.37. The molecule has 3 atom stereocenters. The lowest BCUT2D eigenvalue weighted by Gasteiger charge is -2.21. The molecule has 0 heterocycles. The maximum atomic E-state index is 11.8. The van der Waals surface area contributed by atoms with E-state index < -0.39 is 22.0 Å². The van der Waals surface area contributed by atoms with Crippen molar-refractivity contribution in [3.8, 4) is 0 Å². The quantitative estimate of drug-likeness (QED) is 0.696. The first-order valence-corrected chi connectivity index (χ1v) is 7.61. The zero-order chi connectivity index (χ0) is 13.6. The van der Waals surface area contributed by atoms with Crippen LogP contribution in [0.15, 0.2) is 0 Å². The molecule has 0 aromatic carbocycles. The first-order valence-electron chi connectivity index (χ1n) is 5.96. The number of nitrogens with one attached hydrogen (secondary N) is 1. The predicted molar refractivity (Wildman–Crippen MR) is 67.3 cm³/mol. The van der Waals surface area contributed by atoms with Crippen LogP contribution in [-0.2, 0) is 14.8 Å². The van der Waals surface area contributed by atoms with Crippen LogP contribution in [0.1, 0.15) is 40.5 Å². The van der Waals surface area contributed by atoms with E-state index in [1.807, 2.05) is 20.8 Å². The Morgan fingerprint density at radius 1 is 1.24 bits per heavy atom. The van der Waals surface area contributed by atoms with Crippen molar-refractivity contribution in [3.63, 3.8) is 0 Å². The fourth-order valence-corrected chi connectivity index (χ4v) is 3.18. The number of carboxylic acid groups (broad SMARTS) is 1. The molecule has 1 unspecified atom stereocenters. The topological polar surface area (TPSA) is 83.5 Å². The molecule has 6 heteroatoms. The molecule has 0 aliphatic heterocycles. The second-order valence-corrected chi connectivity index (χ2v) is 6.41. The molecule has 17 heavy (non-hydrogen) atoms. The highest BCUT2D eigenvalue weighted by Gasteiger charge is 2.28. The van der Waals surface area contributed by atoms with Gasteiger partial charge in [0.25, 0.3) is 0 Å². The summed E-state index contributed by atoms with van der Waals surface area (Å²) in [5.41, 5.74) is 0. The van der Waals surface area contributed by atoms with Gasteiger partial charge in [-0.1, -0.05) is 40.5 Å². The number of carbonyl (C=O) groups is 1. The van der Waals surface area contributed by atoms with Crippen LogP contribution < -0.4 is 4.72 Å². The molecule has 2 N–H and O–H groups in total. The molecule has 102 valence electrons. The maximum absolute atomic E-state index is 11.8. The third kappa shape index (κ3) is 6.02. The number of carboxylic acids is 1. The molecule has 0 saturated heterocycles. The van der Waals surface area contributed by atoms with Crippen molar-refractivity contribution in [2.24, 2.45) is 11.8 Å². The summed E-state index contributed by atoms with van der Waals surface area (Å²) in [5, 5.41) is 9.00. The molecule has 0 bridgehead atoms. The van der Waals surface area contributed by atoms with Gasteiger partial charge in [-0.2, -0.15) is 0 Å². The number of hydrogen-bond acceptors (Lipinski definition) is 3. The van der Waals surface area contributed by atoms with Gasteiger partial charge in [-0.15, -0.1) is 0 Å². The number of hydrogen-bond donors (Lipinski definition) is 2. The van der Waals surface area contributed by atoms with Crippen LogP contribution in [0, 0.1) is 11.8 Å². The highest BCUT2D eigenvalue weighted by atomic mass is 32.2. The van der Waals surface area contributed by atoms with E-state index in [-0.39, 0.29) is 17.6 Å². The minimum Gasteiger partial charge on any atom is -0.480 e. The fourth-order valence-electron chi connectivity index (χ4n) is 1.38. The lowest BCUT2D eigenvalue weighted by atomic mass is 10.0. The molecule has 5 nitrogen and oxygen atoms in total. The third-order valence-corrected chi connectivity index (χ3v) is 4.61. The highest BCUT2D eigenvalue weighted by molar-refractivity contribution is 7.89. The van der Waals surface area contributed by atoms with Gasteiger partial charge in [0.2, 0.25) is 10.0 Å². The third-order valence-electron chi connectivity index (χ3n) is 2.99. The lowest BCUT2D eigenvalue weighted by Crippen LogP contribution is -2.46. The Morgan fingerprint density at radius 3 is 2.12 bits per heavy atom. The zero-order valence-electron chi connectivity index (χ0n) is 10.9. The van der Waals surface area contributed by atoms with Gasteiger partial charge in [0.15, 0.2) is 0 Å². The first kappa shape index (κ1) is 16.4. The molecule has 0 aromatic rings. The molecule has 0 amide bonds. The van der Waals surface area contributed by atoms with Gasteiger partial charge >= 0.3 is 5.97 Å². The van der Waals surface area contributed by atoms with E-state index in [9.17, 15) is 13.2 Å². The van der Waals surface area contributed by atoms with Crippen LogP contribution in [0.4, 0.5) is 0 Å². The normalized spacial score (nSPS) is 17.4. The Kier molecular flexibility index (Phi) is 6.70. The van der Waals surface area contributed by atoms with Crippen molar-refractivity contribution >= 4 is 16.0 Å². The summed E-state index contributed by atoms with van der Waals surface area (Å²) in [6, 6.07) is -1.03. The minimum absolute atomic E-state index is 0.0241. The van der Waals surface area contributed by atoms with Crippen LogP contribution in [-0.4, -0.2) is 31.3 Å². The van der Waals surface area contributed by atoms with Crippen LogP contribution >= 0.6 is 0 Å². The SMILES string of the molecule is CCC(C)CS(=O)(=O)N[C@H](C(=O)O)[C@@H](C)CC. The lowest BCUT2D eigenvalue weighted by molar-refractivity contribution is -0.140. The summed E-state index contributed by atoms with van der Waals surface area (Å²) in [6.45, 7) is 7.30. The van der Waals surface area contributed by atoms with E-state index >= 15 is 0 Å². The second kappa shape index (κ2) is 6.96. The molecular formula is C11H23NO4S. The highest BCUT2D eigenvalue weighted by Crippen LogP contribution is 2.11. The number of sulfonamides is 1. The van der Waals surface area contributed by atoms with Gasteiger partial charge in [-0.05, 0) is 11.8 Å². The molecule has 0 fully saturated rings. The molecule has 0 rings (SSSR count). The maximum Gasteiger partial charge on any atom is 0.322 e. The predicted octanol–water partition coefficient (Wildman–Crippen LogP) is 1.45. The van der Waals surface area contributed by atoms with Gasteiger partial charge in [0.1, 0.15) is 6.04 Å². The van der Waals surface area contributed by atoms with Crippen LogP contribution in [0.3, 0.4) is 0 Å². The largest absolute Gasteiger partial charge is 0.480 e. The monoisotopic (exact) mass is 265 g/mol. The summed E-state index contributed by atoms with van der Waals surface area (Å²) in [5.74, 6) is -1.34. The Bertz CT molecular complexity index is 339. The zero-order valence-corrected chi connectivity index (χ0v) is 11.8. The van der Waals surface area contributed by atoms with Gasteiger partial charge < -0.3 is 5.11 Å². The van der Waals surface area contributed by atoms with Crippen molar-refractivity contribution in [1.29, 1.82) is 0 Å². The number of aliphatic carboxylic acids is 1. The van der Waals surface area contributed by atoms with Gasteiger partial charge in [0.05, 0.1) is 5.75 Å². The van der Waals surface area contributed by atoms with E-state index in [2.05, 4.69) is 4.72 Å². The molecular weight excluding hydrogens is 242 g/mol.